The van der Waals surface area contributed by atoms with E-state index in [1.807, 2.05) is 6.92 Å². The third kappa shape index (κ3) is 4.97. The van der Waals surface area contributed by atoms with E-state index in [0.29, 0.717) is 13.0 Å². The smallest absolute Gasteiger partial charge is 0.434 e. The van der Waals surface area contributed by atoms with Crippen molar-refractivity contribution in [1.82, 2.24) is 0 Å². The van der Waals surface area contributed by atoms with E-state index in [1.54, 1.807) is 0 Å². The first-order valence-electron chi connectivity index (χ1n) is 5.27. The molecule has 4 nitrogen and oxygen atoms in total. The summed E-state index contributed by atoms with van der Waals surface area (Å²) in [5.74, 6) is 0. The molecule has 0 N–H and O–H groups in total. The number of rotatable bonds is 5. The van der Waals surface area contributed by atoms with E-state index in [4.69, 9.17) is 14.2 Å². The molecule has 0 radical (unpaired) electrons. The van der Waals surface area contributed by atoms with Gasteiger partial charge in [0.2, 0.25) is 0 Å². The van der Waals surface area contributed by atoms with Crippen molar-refractivity contribution < 1.29 is 23.4 Å². The molecule has 88 valence electrons. The summed E-state index contributed by atoms with van der Waals surface area (Å²) in [5.41, 5.74) is 0. The number of unbranched alkanes of at least 4 members (excludes halogenated alkanes) is 1. The van der Waals surface area contributed by atoms with Crippen molar-refractivity contribution in [2.75, 3.05) is 19.8 Å². The fraction of sp³-hybridized carbons (Fsp3) is 0.900. The highest BCUT2D eigenvalue weighted by molar-refractivity contribution is 5.59. The number of carbonyl (C=O) groups is 1. The highest BCUT2D eigenvalue weighted by Crippen LogP contribution is 2.16. The Balaban J connectivity index is 2.01. The maximum absolute atomic E-state index is 12.6. The van der Waals surface area contributed by atoms with Crippen LogP contribution in [-0.4, -0.2) is 38.3 Å². The molecule has 1 aliphatic heterocycles. The minimum Gasteiger partial charge on any atom is -0.434 e. The lowest BCUT2D eigenvalue weighted by Gasteiger charge is -2.09. The van der Waals surface area contributed by atoms with Gasteiger partial charge in [-0.25, -0.2) is 9.18 Å². The van der Waals surface area contributed by atoms with Crippen molar-refractivity contribution in [3.8, 4) is 0 Å². The predicted molar refractivity (Wildman–Crippen MR) is 51.5 cm³/mol. The Labute approximate surface area is 88.7 Å². The van der Waals surface area contributed by atoms with Crippen molar-refractivity contribution >= 4 is 6.16 Å². The summed E-state index contributed by atoms with van der Waals surface area (Å²) >= 11 is 0. The van der Waals surface area contributed by atoms with Gasteiger partial charge in [0.15, 0.2) is 0 Å². The molecule has 1 saturated heterocycles. The van der Waals surface area contributed by atoms with Gasteiger partial charge in [-0.3, -0.25) is 0 Å². The van der Waals surface area contributed by atoms with Gasteiger partial charge in [0.05, 0.1) is 19.3 Å². The van der Waals surface area contributed by atoms with Crippen LogP contribution in [0, 0.1) is 0 Å². The normalized spacial score (nSPS) is 25.2. The molecule has 2 unspecified atom stereocenters. The number of carbonyl (C=O) groups excluding carboxylic acids is 1. The Morgan fingerprint density at radius 2 is 2.33 bits per heavy atom. The lowest BCUT2D eigenvalue weighted by Crippen LogP contribution is -2.19. The Bertz CT molecular complexity index is 198. The molecule has 1 heterocycles. The zero-order chi connectivity index (χ0) is 11.1. The van der Waals surface area contributed by atoms with Gasteiger partial charge in [-0.05, 0) is 6.42 Å². The standard InChI is InChI=1S/C10H17FO4/c1-2-3-4-13-10(12)15-7-9-5-8(11)6-14-9/h8-9H,2-7H2,1H3. The molecule has 1 rings (SSSR count). The molecule has 0 aromatic rings. The quantitative estimate of drug-likeness (QED) is 0.525. The molecule has 1 fully saturated rings. The summed E-state index contributed by atoms with van der Waals surface area (Å²) in [4.78, 5) is 11.0. The van der Waals surface area contributed by atoms with Gasteiger partial charge in [0, 0.05) is 6.42 Å². The van der Waals surface area contributed by atoms with E-state index < -0.39 is 12.3 Å². The molecule has 0 spiro atoms. The Morgan fingerprint density at radius 1 is 1.53 bits per heavy atom. The lowest BCUT2D eigenvalue weighted by atomic mass is 10.2. The summed E-state index contributed by atoms with van der Waals surface area (Å²) in [7, 11) is 0. The second-order valence-electron chi connectivity index (χ2n) is 3.55. The Morgan fingerprint density at radius 3 is 2.93 bits per heavy atom. The largest absolute Gasteiger partial charge is 0.508 e. The molecule has 5 heteroatoms. The zero-order valence-corrected chi connectivity index (χ0v) is 8.91. The SMILES string of the molecule is CCCCOC(=O)OCC1CC(F)CO1. The summed E-state index contributed by atoms with van der Waals surface area (Å²) < 4.78 is 27.2. The summed E-state index contributed by atoms with van der Waals surface area (Å²) in [6, 6.07) is 0. The highest BCUT2D eigenvalue weighted by Gasteiger charge is 2.26. The van der Waals surface area contributed by atoms with Crippen LogP contribution in [0.25, 0.3) is 0 Å². The van der Waals surface area contributed by atoms with E-state index in [0.717, 1.165) is 12.8 Å². The van der Waals surface area contributed by atoms with Crippen LogP contribution in [0.1, 0.15) is 26.2 Å². The fourth-order valence-electron chi connectivity index (χ4n) is 1.28. The molecule has 1 aliphatic rings. The fourth-order valence-corrected chi connectivity index (χ4v) is 1.28. The molecular formula is C10H17FO4. The zero-order valence-electron chi connectivity index (χ0n) is 8.91. The minimum atomic E-state index is -0.935. The van der Waals surface area contributed by atoms with Crippen molar-refractivity contribution in [2.24, 2.45) is 0 Å². The van der Waals surface area contributed by atoms with Crippen LogP contribution >= 0.6 is 0 Å². The first-order valence-corrected chi connectivity index (χ1v) is 5.27. The average molecular weight is 220 g/mol. The third-order valence-electron chi connectivity index (χ3n) is 2.14. The van der Waals surface area contributed by atoms with Crippen LogP contribution in [0.4, 0.5) is 9.18 Å². The second-order valence-corrected chi connectivity index (χ2v) is 3.55. The average Bonchev–Trinajstić information content (AvgIpc) is 2.62. The van der Waals surface area contributed by atoms with Crippen molar-refractivity contribution in [3.63, 3.8) is 0 Å². The van der Waals surface area contributed by atoms with Gasteiger partial charge in [0.25, 0.3) is 0 Å². The number of hydrogen-bond acceptors (Lipinski definition) is 4. The van der Waals surface area contributed by atoms with Gasteiger partial charge in [-0.2, -0.15) is 0 Å². The third-order valence-corrected chi connectivity index (χ3v) is 2.14. The van der Waals surface area contributed by atoms with Crippen molar-refractivity contribution in [1.29, 1.82) is 0 Å². The topological polar surface area (TPSA) is 44.8 Å². The number of hydrogen-bond donors (Lipinski definition) is 0. The molecular weight excluding hydrogens is 203 g/mol. The molecule has 0 saturated carbocycles. The number of halogens is 1. The lowest BCUT2D eigenvalue weighted by molar-refractivity contribution is 0.00726. The molecule has 0 aliphatic carbocycles. The summed E-state index contributed by atoms with van der Waals surface area (Å²) in [6.07, 6.45) is 0.120. The van der Waals surface area contributed by atoms with Crippen molar-refractivity contribution in [3.05, 3.63) is 0 Å². The maximum atomic E-state index is 12.6. The Hall–Kier alpha value is -0.840. The molecule has 0 aromatic heterocycles. The number of ether oxygens (including phenoxy) is 3. The second kappa shape index (κ2) is 6.61. The van der Waals surface area contributed by atoms with Gasteiger partial charge in [0.1, 0.15) is 12.8 Å². The van der Waals surface area contributed by atoms with E-state index in [1.165, 1.54) is 0 Å². The van der Waals surface area contributed by atoms with Gasteiger partial charge in [-0.1, -0.05) is 13.3 Å². The van der Waals surface area contributed by atoms with Crippen molar-refractivity contribution in [2.45, 2.75) is 38.5 Å². The van der Waals surface area contributed by atoms with Crippen LogP contribution < -0.4 is 0 Å². The molecule has 0 bridgehead atoms. The number of alkyl halides is 1. The van der Waals surface area contributed by atoms with Crippen LogP contribution in [0.5, 0.6) is 0 Å². The monoisotopic (exact) mass is 220 g/mol. The van der Waals surface area contributed by atoms with Gasteiger partial charge in [-0.15, -0.1) is 0 Å². The molecule has 0 amide bonds. The molecule has 0 aromatic carbocycles. The van der Waals surface area contributed by atoms with E-state index >= 15 is 0 Å². The van der Waals surface area contributed by atoms with Crippen LogP contribution in [0.3, 0.4) is 0 Å². The predicted octanol–water partition coefficient (Wildman–Crippen LogP) is 2.07. The maximum Gasteiger partial charge on any atom is 0.508 e. The first kappa shape index (κ1) is 12.2. The van der Waals surface area contributed by atoms with Gasteiger partial charge >= 0.3 is 6.16 Å². The van der Waals surface area contributed by atoms with E-state index in [9.17, 15) is 9.18 Å². The summed E-state index contributed by atoms with van der Waals surface area (Å²) in [6.45, 7) is 2.54. The molecule has 2 atom stereocenters. The first-order chi connectivity index (χ1) is 7.22. The molecule has 15 heavy (non-hydrogen) atoms. The Kier molecular flexibility index (Phi) is 5.39. The van der Waals surface area contributed by atoms with E-state index in [2.05, 4.69) is 0 Å². The minimum absolute atomic E-state index is 0.0748. The van der Waals surface area contributed by atoms with Crippen LogP contribution in [-0.2, 0) is 14.2 Å². The van der Waals surface area contributed by atoms with Gasteiger partial charge < -0.3 is 14.2 Å². The highest BCUT2D eigenvalue weighted by atomic mass is 19.1. The van der Waals surface area contributed by atoms with E-state index in [-0.39, 0.29) is 19.3 Å². The van der Waals surface area contributed by atoms with Crippen LogP contribution in [0.15, 0.2) is 0 Å². The van der Waals surface area contributed by atoms with Crippen LogP contribution in [0.2, 0.25) is 0 Å². The summed E-state index contributed by atoms with van der Waals surface area (Å²) in [5, 5.41) is 0.